The van der Waals surface area contributed by atoms with Gasteiger partial charge in [-0.2, -0.15) is 0 Å². The van der Waals surface area contributed by atoms with Crippen molar-refractivity contribution < 1.29 is 23.8 Å². The van der Waals surface area contributed by atoms with Crippen molar-refractivity contribution >= 4 is 5.97 Å². The number of carbonyl (C=O) groups is 1. The second-order valence-electron chi connectivity index (χ2n) is 9.92. The zero-order valence-corrected chi connectivity index (χ0v) is 22.0. The van der Waals surface area contributed by atoms with Gasteiger partial charge in [0.1, 0.15) is 5.82 Å². The second kappa shape index (κ2) is 14.5. The molecule has 0 radical (unpaired) electrons. The Labute approximate surface area is 215 Å². The van der Waals surface area contributed by atoms with E-state index in [0.29, 0.717) is 31.2 Å². The van der Waals surface area contributed by atoms with Crippen molar-refractivity contribution in [1.82, 2.24) is 4.90 Å². The summed E-state index contributed by atoms with van der Waals surface area (Å²) < 4.78 is 25.1. The Morgan fingerprint density at radius 1 is 1.22 bits per heavy atom. The van der Waals surface area contributed by atoms with Gasteiger partial charge in [0, 0.05) is 19.0 Å². The lowest BCUT2D eigenvalue weighted by Gasteiger charge is -2.28. The fraction of sp³-hybridized carbons (Fsp3) is 0.567. The summed E-state index contributed by atoms with van der Waals surface area (Å²) >= 11 is 0. The maximum absolute atomic E-state index is 14.0. The van der Waals surface area contributed by atoms with E-state index in [2.05, 4.69) is 17.0 Å². The van der Waals surface area contributed by atoms with Crippen LogP contribution < -0.4 is 0 Å². The summed E-state index contributed by atoms with van der Waals surface area (Å²) in [7, 11) is 0. The highest BCUT2D eigenvalue weighted by Crippen LogP contribution is 2.25. The smallest absolute Gasteiger partial charge is 0.305 e. The molecule has 2 aromatic carbocycles. The molecule has 1 fully saturated rings. The van der Waals surface area contributed by atoms with Crippen molar-refractivity contribution in [3.63, 3.8) is 0 Å². The molecule has 3 atom stereocenters. The first-order valence-corrected chi connectivity index (χ1v) is 13.4. The molecule has 0 spiro atoms. The molecule has 0 amide bonds. The molecule has 1 aliphatic rings. The highest BCUT2D eigenvalue weighted by Gasteiger charge is 2.27. The minimum absolute atomic E-state index is 0.134. The zero-order valence-electron chi connectivity index (χ0n) is 22.0. The number of aliphatic hydroxyl groups excluding tert-OH is 1. The van der Waals surface area contributed by atoms with E-state index in [0.717, 1.165) is 56.2 Å². The van der Waals surface area contributed by atoms with Crippen molar-refractivity contribution in [3.8, 4) is 0 Å². The first-order valence-electron chi connectivity index (χ1n) is 13.4. The Kier molecular flexibility index (Phi) is 11.4. The van der Waals surface area contributed by atoms with Gasteiger partial charge in [-0.05, 0) is 94.2 Å². The maximum Gasteiger partial charge on any atom is 0.305 e. The van der Waals surface area contributed by atoms with E-state index in [9.17, 15) is 14.3 Å². The number of likely N-dealkylation sites (tertiary alicyclic amines) is 1. The van der Waals surface area contributed by atoms with Crippen LogP contribution in [0.1, 0.15) is 74.3 Å². The predicted molar refractivity (Wildman–Crippen MR) is 140 cm³/mol. The lowest BCUT2D eigenvalue weighted by Crippen LogP contribution is -2.39. The number of nitrogens with zero attached hydrogens (tertiary/aromatic N) is 1. The molecule has 1 N–H and O–H groups in total. The van der Waals surface area contributed by atoms with Gasteiger partial charge in [-0.25, -0.2) is 4.39 Å². The molecule has 0 aromatic heterocycles. The number of aryl methyl sites for hydroxylation is 2. The summed E-state index contributed by atoms with van der Waals surface area (Å²) in [5, 5.41) is 10.7. The number of hydrogen-bond acceptors (Lipinski definition) is 5. The average molecular weight is 500 g/mol. The minimum Gasteiger partial charge on any atom is -0.466 e. The summed E-state index contributed by atoms with van der Waals surface area (Å²) in [6.45, 7) is 7.82. The van der Waals surface area contributed by atoms with Crippen LogP contribution in [0.25, 0.3) is 0 Å². The molecule has 0 unspecified atom stereocenters. The van der Waals surface area contributed by atoms with Crippen LogP contribution >= 0.6 is 0 Å². The largest absolute Gasteiger partial charge is 0.466 e. The molecule has 1 heterocycles. The van der Waals surface area contributed by atoms with E-state index < -0.39 is 6.10 Å². The number of benzene rings is 2. The molecule has 0 aliphatic carbocycles. The monoisotopic (exact) mass is 499 g/mol. The Hall–Kier alpha value is -2.28. The molecule has 5 nitrogen and oxygen atoms in total. The standard InChI is InChI=1S/C30H42FNO4/c1-4-35-30(34)14-8-6-11-25-10-5-7-13-28(25)23(3)36-21-27(33)20-32-17-9-12-26(32)18-24-16-15-22(2)29(31)19-24/h5,7,10,13,15-16,19,23,26-27,33H,4,6,8-9,11-12,14,17-18,20-21H2,1-3H3/t23-,26+,27-/m1/s1. The summed E-state index contributed by atoms with van der Waals surface area (Å²) in [5.74, 6) is -0.290. The molecule has 0 bridgehead atoms. The number of carbonyl (C=O) groups excluding carboxylic acids is 1. The molecular formula is C30H42FNO4. The lowest BCUT2D eigenvalue weighted by molar-refractivity contribution is -0.143. The van der Waals surface area contributed by atoms with Crippen LogP contribution in [0.3, 0.4) is 0 Å². The first-order chi connectivity index (χ1) is 17.4. The summed E-state index contributed by atoms with van der Waals surface area (Å²) in [5.41, 5.74) is 4.02. The number of β-amino-alcohol motifs (C(OH)–C–C–N with tert-alkyl or cyclic N) is 1. The van der Waals surface area contributed by atoms with Gasteiger partial charge in [0.15, 0.2) is 0 Å². The highest BCUT2D eigenvalue weighted by atomic mass is 19.1. The predicted octanol–water partition coefficient (Wildman–Crippen LogP) is 5.56. The summed E-state index contributed by atoms with van der Waals surface area (Å²) in [6.07, 6.45) is 5.26. The van der Waals surface area contributed by atoms with E-state index in [1.807, 2.05) is 38.1 Å². The van der Waals surface area contributed by atoms with Gasteiger partial charge in [-0.15, -0.1) is 0 Å². The number of esters is 1. The molecule has 6 heteroatoms. The fourth-order valence-corrected chi connectivity index (χ4v) is 5.05. The van der Waals surface area contributed by atoms with Gasteiger partial charge in [0.25, 0.3) is 0 Å². The Bertz CT molecular complexity index is 966. The molecule has 3 rings (SSSR count). The zero-order chi connectivity index (χ0) is 25.9. The number of hydrogen-bond donors (Lipinski definition) is 1. The van der Waals surface area contributed by atoms with Crippen molar-refractivity contribution in [2.45, 2.75) is 84.0 Å². The molecule has 1 aliphatic heterocycles. The van der Waals surface area contributed by atoms with E-state index in [-0.39, 0.29) is 24.5 Å². The highest BCUT2D eigenvalue weighted by molar-refractivity contribution is 5.69. The molecule has 0 saturated carbocycles. The van der Waals surface area contributed by atoms with Crippen LogP contribution in [-0.4, -0.2) is 54.4 Å². The quantitative estimate of drug-likeness (QED) is 0.273. The summed E-state index contributed by atoms with van der Waals surface area (Å²) in [4.78, 5) is 13.9. The number of halogens is 1. The van der Waals surface area contributed by atoms with E-state index in [1.165, 1.54) is 5.56 Å². The van der Waals surface area contributed by atoms with Gasteiger partial charge >= 0.3 is 5.97 Å². The van der Waals surface area contributed by atoms with Gasteiger partial charge in [0.2, 0.25) is 0 Å². The van der Waals surface area contributed by atoms with Crippen LogP contribution in [-0.2, 0) is 27.1 Å². The van der Waals surface area contributed by atoms with E-state index >= 15 is 0 Å². The molecule has 36 heavy (non-hydrogen) atoms. The second-order valence-corrected chi connectivity index (χ2v) is 9.92. The van der Waals surface area contributed by atoms with Crippen LogP contribution in [0, 0.1) is 12.7 Å². The number of unbranched alkanes of at least 4 members (excludes halogenated alkanes) is 1. The fourth-order valence-electron chi connectivity index (χ4n) is 5.05. The van der Waals surface area contributed by atoms with Gasteiger partial charge < -0.3 is 14.6 Å². The van der Waals surface area contributed by atoms with Gasteiger partial charge in [-0.3, -0.25) is 9.69 Å². The summed E-state index contributed by atoms with van der Waals surface area (Å²) in [6, 6.07) is 14.0. The average Bonchev–Trinajstić information content (AvgIpc) is 3.29. The number of aliphatic hydroxyl groups is 1. The van der Waals surface area contributed by atoms with Gasteiger partial charge in [0.05, 0.1) is 25.4 Å². The van der Waals surface area contributed by atoms with Crippen molar-refractivity contribution in [2.75, 3.05) is 26.3 Å². The molecular weight excluding hydrogens is 457 g/mol. The van der Waals surface area contributed by atoms with Crippen LogP contribution in [0.15, 0.2) is 42.5 Å². The lowest BCUT2D eigenvalue weighted by atomic mass is 9.98. The Balaban J connectivity index is 1.46. The van der Waals surface area contributed by atoms with E-state index in [4.69, 9.17) is 9.47 Å². The molecule has 198 valence electrons. The van der Waals surface area contributed by atoms with Crippen molar-refractivity contribution in [2.24, 2.45) is 0 Å². The Morgan fingerprint density at radius 3 is 2.81 bits per heavy atom. The number of rotatable bonds is 14. The van der Waals surface area contributed by atoms with Gasteiger partial charge in [-0.1, -0.05) is 36.4 Å². The topological polar surface area (TPSA) is 59.0 Å². The normalized spacial score (nSPS) is 17.8. The third-order valence-electron chi connectivity index (χ3n) is 7.07. The third kappa shape index (κ3) is 8.68. The van der Waals surface area contributed by atoms with Crippen LogP contribution in [0.2, 0.25) is 0 Å². The third-order valence-corrected chi connectivity index (χ3v) is 7.07. The number of ether oxygens (including phenoxy) is 2. The van der Waals surface area contributed by atoms with E-state index in [1.54, 1.807) is 13.0 Å². The van der Waals surface area contributed by atoms with Crippen LogP contribution in [0.5, 0.6) is 0 Å². The minimum atomic E-state index is -0.584. The first kappa shape index (κ1) is 28.3. The van der Waals surface area contributed by atoms with Crippen LogP contribution in [0.4, 0.5) is 4.39 Å². The molecule has 1 saturated heterocycles. The maximum atomic E-state index is 14.0. The molecule has 2 aromatic rings. The Morgan fingerprint density at radius 2 is 2.03 bits per heavy atom. The SMILES string of the molecule is CCOC(=O)CCCCc1ccccc1[C@@H](C)OC[C@H](O)CN1CCC[C@H]1Cc1ccc(C)c(F)c1. The van der Waals surface area contributed by atoms with Crippen molar-refractivity contribution in [3.05, 3.63) is 70.5 Å². The van der Waals surface area contributed by atoms with Crippen molar-refractivity contribution in [1.29, 1.82) is 0 Å².